The first-order valence-corrected chi connectivity index (χ1v) is 11.3. The van der Waals surface area contributed by atoms with Crippen LogP contribution in [0.15, 0.2) is 72.1 Å². The van der Waals surface area contributed by atoms with Crippen LogP contribution < -0.4 is 0 Å². The Balaban J connectivity index is 1.72. The monoisotopic (exact) mass is 454 g/mol. The molecular weight excluding hydrogens is 427 g/mol. The first-order valence-electron chi connectivity index (χ1n) is 10.4. The van der Waals surface area contributed by atoms with Crippen LogP contribution in [-0.2, 0) is 33.8 Å². The van der Waals surface area contributed by atoms with Gasteiger partial charge in [0.2, 0.25) is 11.8 Å². The Morgan fingerprint density at radius 1 is 0.875 bits per heavy atom. The normalized spacial score (nSPS) is 10.7. The van der Waals surface area contributed by atoms with Crippen LogP contribution in [0.25, 0.3) is 0 Å². The van der Waals surface area contributed by atoms with Gasteiger partial charge in [0.25, 0.3) is 0 Å². The zero-order valence-corrected chi connectivity index (χ0v) is 18.9. The number of methoxy groups -OCH3 is 1. The summed E-state index contributed by atoms with van der Waals surface area (Å²) >= 11 is 1.60. The molecule has 0 aliphatic heterocycles. The molecule has 1 heterocycles. The number of hydrogen-bond donors (Lipinski definition) is 0. The smallest absolute Gasteiger partial charge is 0.242 e. The van der Waals surface area contributed by atoms with Crippen molar-refractivity contribution in [3.8, 4) is 0 Å². The first-order chi connectivity index (χ1) is 15.5. The molecule has 0 fully saturated rings. The van der Waals surface area contributed by atoms with Crippen LogP contribution in [0.5, 0.6) is 0 Å². The lowest BCUT2D eigenvalue weighted by atomic mass is 10.1. The molecule has 5 nitrogen and oxygen atoms in total. The molecule has 3 aromatic rings. The molecule has 0 atom stereocenters. The fraction of sp³-hybridized carbons (Fsp3) is 0.280. The topological polar surface area (TPSA) is 49.9 Å². The average molecular weight is 455 g/mol. The van der Waals surface area contributed by atoms with Crippen molar-refractivity contribution < 1.29 is 18.7 Å². The summed E-state index contributed by atoms with van der Waals surface area (Å²) in [4.78, 5) is 30.6. The lowest BCUT2D eigenvalue weighted by Crippen LogP contribution is -2.44. The largest absolute Gasteiger partial charge is 0.383 e. The van der Waals surface area contributed by atoms with E-state index in [1.807, 2.05) is 47.8 Å². The van der Waals surface area contributed by atoms with Crippen LogP contribution >= 0.6 is 11.3 Å². The van der Waals surface area contributed by atoms with Gasteiger partial charge in [-0.2, -0.15) is 0 Å². The van der Waals surface area contributed by atoms with E-state index < -0.39 is 0 Å². The molecule has 0 spiro atoms. The third kappa shape index (κ3) is 7.28. The predicted molar refractivity (Wildman–Crippen MR) is 124 cm³/mol. The Labute approximate surface area is 192 Å². The number of halogens is 1. The zero-order valence-electron chi connectivity index (χ0n) is 18.1. The van der Waals surface area contributed by atoms with E-state index in [2.05, 4.69) is 0 Å². The molecule has 0 unspecified atom stereocenters. The summed E-state index contributed by atoms with van der Waals surface area (Å²) in [5.74, 6) is -0.679. The second kappa shape index (κ2) is 12.1. The second-order valence-electron chi connectivity index (χ2n) is 7.43. The molecule has 0 aliphatic carbocycles. The summed E-state index contributed by atoms with van der Waals surface area (Å²) in [5, 5.41) is 1.98. The number of amides is 2. The summed E-state index contributed by atoms with van der Waals surface area (Å²) in [5.41, 5.74) is 1.73. The van der Waals surface area contributed by atoms with Crippen molar-refractivity contribution >= 4 is 23.2 Å². The van der Waals surface area contributed by atoms with Crippen LogP contribution in [0, 0.1) is 5.82 Å². The van der Waals surface area contributed by atoms with Gasteiger partial charge in [0.1, 0.15) is 5.82 Å². The Morgan fingerprint density at radius 2 is 1.62 bits per heavy atom. The molecular formula is C25H27FN2O3S. The molecule has 2 amide bonds. The van der Waals surface area contributed by atoms with Gasteiger partial charge in [-0.15, -0.1) is 11.3 Å². The number of carbonyl (C=O) groups is 2. The van der Waals surface area contributed by atoms with Crippen molar-refractivity contribution in [2.45, 2.75) is 19.5 Å². The maximum Gasteiger partial charge on any atom is 0.242 e. The maximum atomic E-state index is 13.3. The van der Waals surface area contributed by atoms with Gasteiger partial charge >= 0.3 is 0 Å². The van der Waals surface area contributed by atoms with Crippen LogP contribution in [0.1, 0.15) is 16.0 Å². The van der Waals surface area contributed by atoms with E-state index in [1.54, 1.807) is 35.5 Å². The number of ether oxygens (including phenoxy) is 1. The quantitative estimate of drug-likeness (QED) is 0.438. The summed E-state index contributed by atoms with van der Waals surface area (Å²) in [6.07, 6.45) is 0.0981. The summed E-state index contributed by atoms with van der Waals surface area (Å²) in [7, 11) is 1.56. The first kappa shape index (κ1) is 23.6. The molecule has 0 saturated carbocycles. The molecule has 7 heteroatoms. The van der Waals surface area contributed by atoms with Crippen molar-refractivity contribution in [1.29, 1.82) is 0 Å². The molecule has 0 saturated heterocycles. The fourth-order valence-electron chi connectivity index (χ4n) is 3.27. The summed E-state index contributed by atoms with van der Waals surface area (Å²) < 4.78 is 18.3. The van der Waals surface area contributed by atoms with Gasteiger partial charge in [-0.3, -0.25) is 9.59 Å². The fourth-order valence-corrected chi connectivity index (χ4v) is 3.99. The van der Waals surface area contributed by atoms with Gasteiger partial charge in [-0.1, -0.05) is 48.5 Å². The standard InChI is InChI=1S/C25H27FN2O3S/c1-31-14-13-27(24(29)16-20-9-11-22(26)12-10-20)19-25(30)28(18-23-8-5-15-32-23)17-21-6-3-2-4-7-21/h2-12,15H,13-14,16-19H2,1H3. The highest BCUT2D eigenvalue weighted by Gasteiger charge is 2.22. The maximum absolute atomic E-state index is 13.3. The number of nitrogens with zero attached hydrogens (tertiary/aromatic N) is 2. The molecule has 32 heavy (non-hydrogen) atoms. The van der Waals surface area contributed by atoms with Gasteiger partial charge in [-0.25, -0.2) is 4.39 Å². The minimum Gasteiger partial charge on any atom is -0.383 e. The van der Waals surface area contributed by atoms with Crippen LogP contribution in [0.4, 0.5) is 4.39 Å². The minimum absolute atomic E-state index is 0.0401. The molecule has 0 N–H and O–H groups in total. The van der Waals surface area contributed by atoms with Crippen molar-refractivity contribution in [3.05, 3.63) is 93.9 Å². The van der Waals surface area contributed by atoms with Crippen LogP contribution in [-0.4, -0.2) is 48.4 Å². The number of benzene rings is 2. The Hall–Kier alpha value is -3.03. The van der Waals surface area contributed by atoms with Gasteiger partial charge in [0.15, 0.2) is 0 Å². The van der Waals surface area contributed by atoms with Crippen molar-refractivity contribution in [1.82, 2.24) is 9.80 Å². The van der Waals surface area contributed by atoms with Gasteiger partial charge in [-0.05, 0) is 34.7 Å². The van der Waals surface area contributed by atoms with Gasteiger partial charge in [0.05, 0.1) is 26.1 Å². The van der Waals surface area contributed by atoms with Crippen molar-refractivity contribution in [3.63, 3.8) is 0 Å². The summed E-state index contributed by atoms with van der Waals surface area (Å²) in [6, 6.07) is 19.6. The highest BCUT2D eigenvalue weighted by atomic mass is 32.1. The zero-order chi connectivity index (χ0) is 22.8. The van der Waals surface area contributed by atoms with E-state index >= 15 is 0 Å². The molecule has 2 aromatic carbocycles. The molecule has 3 rings (SSSR count). The van der Waals surface area contributed by atoms with Gasteiger partial charge in [0, 0.05) is 25.1 Å². The SMILES string of the molecule is COCCN(CC(=O)N(Cc1ccccc1)Cc1cccs1)C(=O)Cc1ccc(F)cc1. The Bertz CT molecular complexity index is 978. The highest BCUT2D eigenvalue weighted by Crippen LogP contribution is 2.15. The van der Waals surface area contributed by atoms with Crippen molar-refractivity contribution in [2.24, 2.45) is 0 Å². The van der Waals surface area contributed by atoms with Crippen LogP contribution in [0.3, 0.4) is 0 Å². The molecule has 0 radical (unpaired) electrons. The molecule has 1 aromatic heterocycles. The number of rotatable bonds is 11. The van der Waals surface area contributed by atoms with E-state index in [-0.39, 0.29) is 30.6 Å². The average Bonchev–Trinajstić information content (AvgIpc) is 3.31. The number of carbonyl (C=O) groups excluding carboxylic acids is 2. The van der Waals surface area contributed by atoms with Crippen molar-refractivity contribution in [2.75, 3.05) is 26.8 Å². The van der Waals surface area contributed by atoms with Crippen LogP contribution in [0.2, 0.25) is 0 Å². The molecule has 0 bridgehead atoms. The lowest BCUT2D eigenvalue weighted by molar-refractivity contribution is -0.141. The van der Waals surface area contributed by atoms with Gasteiger partial charge < -0.3 is 14.5 Å². The highest BCUT2D eigenvalue weighted by molar-refractivity contribution is 7.09. The van der Waals surface area contributed by atoms with E-state index in [0.29, 0.717) is 31.8 Å². The number of thiophene rings is 1. The molecule has 168 valence electrons. The minimum atomic E-state index is -0.349. The third-order valence-corrected chi connectivity index (χ3v) is 5.87. The number of hydrogen-bond acceptors (Lipinski definition) is 4. The van der Waals surface area contributed by atoms with E-state index in [9.17, 15) is 14.0 Å². The van der Waals surface area contributed by atoms with E-state index in [1.165, 1.54) is 17.0 Å². The predicted octanol–water partition coefficient (Wildman–Crippen LogP) is 4.13. The third-order valence-electron chi connectivity index (χ3n) is 5.01. The molecule has 0 aliphatic rings. The Morgan fingerprint density at radius 3 is 2.28 bits per heavy atom. The summed E-state index contributed by atoms with van der Waals surface area (Å²) in [6.45, 7) is 1.53. The van der Waals surface area contributed by atoms with E-state index in [4.69, 9.17) is 4.74 Å². The van der Waals surface area contributed by atoms with E-state index in [0.717, 1.165) is 10.4 Å². The Kier molecular flexibility index (Phi) is 8.95. The lowest BCUT2D eigenvalue weighted by Gasteiger charge is -2.27. The second-order valence-corrected chi connectivity index (χ2v) is 8.46.